The van der Waals surface area contributed by atoms with Crippen molar-refractivity contribution in [1.29, 1.82) is 0 Å². The minimum absolute atomic E-state index is 0.0710. The number of para-hydroxylation sites is 2. The first kappa shape index (κ1) is 17.9. The molecule has 0 saturated heterocycles. The summed E-state index contributed by atoms with van der Waals surface area (Å²) in [5, 5.41) is 3.15. The third kappa shape index (κ3) is 4.61. The molecule has 2 aromatic carbocycles. The summed E-state index contributed by atoms with van der Waals surface area (Å²) in [6, 6.07) is 14.1. The summed E-state index contributed by atoms with van der Waals surface area (Å²) in [6.45, 7) is 1.51. The van der Waals surface area contributed by atoms with E-state index >= 15 is 0 Å². The van der Waals surface area contributed by atoms with E-state index in [1.807, 2.05) is 24.3 Å². The van der Waals surface area contributed by atoms with Gasteiger partial charge in [-0.25, -0.2) is 4.98 Å². The second-order valence-electron chi connectivity index (χ2n) is 5.71. The lowest BCUT2D eigenvalue weighted by Gasteiger charge is -2.13. The monoisotopic (exact) mass is 372 g/mol. The van der Waals surface area contributed by atoms with Gasteiger partial charge in [-0.1, -0.05) is 29.8 Å². The fourth-order valence-corrected chi connectivity index (χ4v) is 2.55. The van der Waals surface area contributed by atoms with Gasteiger partial charge in [0.25, 0.3) is 5.91 Å². The number of benzene rings is 2. The van der Waals surface area contributed by atoms with E-state index in [9.17, 15) is 9.59 Å². The van der Waals surface area contributed by atoms with Crippen LogP contribution in [0.3, 0.4) is 0 Å². The number of nitrogens with one attached hydrogen (secondary N) is 1. The van der Waals surface area contributed by atoms with E-state index in [1.54, 1.807) is 24.3 Å². The Morgan fingerprint density at radius 1 is 1.23 bits per heavy atom. The van der Waals surface area contributed by atoms with Gasteiger partial charge in [0.2, 0.25) is 0 Å². The van der Waals surface area contributed by atoms with Crippen LogP contribution in [0.5, 0.6) is 0 Å². The molecule has 0 bridgehead atoms. The molecule has 0 aliphatic heterocycles. The van der Waals surface area contributed by atoms with E-state index in [4.69, 9.17) is 20.8 Å². The highest BCUT2D eigenvalue weighted by molar-refractivity contribution is 6.30. The molecule has 0 unspecified atom stereocenters. The zero-order chi connectivity index (χ0) is 18.5. The van der Waals surface area contributed by atoms with Crippen LogP contribution in [0.15, 0.2) is 52.9 Å². The van der Waals surface area contributed by atoms with Crippen LogP contribution in [0.2, 0.25) is 5.02 Å². The molecular formula is C19H17ClN2O4. The Morgan fingerprint density at radius 3 is 2.81 bits per heavy atom. The Kier molecular flexibility index (Phi) is 5.53. The number of carbonyl (C=O) groups excluding carboxylic acids is 2. The van der Waals surface area contributed by atoms with Crippen molar-refractivity contribution in [3.05, 3.63) is 59.4 Å². The number of oxazole rings is 1. The molecule has 1 amide bonds. The van der Waals surface area contributed by atoms with Crippen LogP contribution in [-0.4, -0.2) is 23.0 Å². The standard InChI is InChI=1S/C19H17ClN2O4/c1-12(19(24)21-14-6-4-5-13(20)11-14)25-18(23)10-9-17-22-15-7-2-3-8-16(15)26-17/h2-8,11-12H,9-10H2,1H3,(H,21,24)/t12-/m0/s1. The quantitative estimate of drug-likeness (QED) is 0.662. The van der Waals surface area contributed by atoms with Gasteiger partial charge in [0.15, 0.2) is 17.6 Å². The summed E-state index contributed by atoms with van der Waals surface area (Å²) in [7, 11) is 0. The van der Waals surface area contributed by atoms with Crippen molar-refractivity contribution in [2.24, 2.45) is 0 Å². The van der Waals surface area contributed by atoms with Gasteiger partial charge in [0.05, 0.1) is 6.42 Å². The van der Waals surface area contributed by atoms with E-state index in [-0.39, 0.29) is 6.42 Å². The number of hydrogen-bond acceptors (Lipinski definition) is 5. The first-order valence-electron chi connectivity index (χ1n) is 8.11. The average Bonchev–Trinajstić information content (AvgIpc) is 3.03. The van der Waals surface area contributed by atoms with Gasteiger partial charge in [0, 0.05) is 17.1 Å². The second kappa shape index (κ2) is 8.01. The van der Waals surface area contributed by atoms with Crippen molar-refractivity contribution in [3.8, 4) is 0 Å². The number of nitrogens with zero attached hydrogens (tertiary/aromatic N) is 1. The highest BCUT2D eigenvalue weighted by Crippen LogP contribution is 2.17. The number of esters is 1. The van der Waals surface area contributed by atoms with Crippen molar-refractivity contribution < 1.29 is 18.7 Å². The smallest absolute Gasteiger partial charge is 0.307 e. The summed E-state index contributed by atoms with van der Waals surface area (Å²) in [5.74, 6) is -0.470. The van der Waals surface area contributed by atoms with Crippen LogP contribution in [0.25, 0.3) is 11.1 Å². The van der Waals surface area contributed by atoms with Crippen molar-refractivity contribution in [1.82, 2.24) is 4.98 Å². The van der Waals surface area contributed by atoms with Crippen LogP contribution in [0, 0.1) is 0 Å². The number of aryl methyl sites for hydroxylation is 1. The normalized spacial score (nSPS) is 11.9. The molecule has 0 aliphatic carbocycles. The Morgan fingerprint density at radius 2 is 2.04 bits per heavy atom. The predicted octanol–water partition coefficient (Wildman–Crippen LogP) is 3.98. The number of anilines is 1. The first-order chi connectivity index (χ1) is 12.5. The number of carbonyl (C=O) groups is 2. The van der Waals surface area contributed by atoms with E-state index in [1.165, 1.54) is 6.92 Å². The fraction of sp³-hybridized carbons (Fsp3) is 0.211. The summed E-state index contributed by atoms with van der Waals surface area (Å²) in [6.07, 6.45) is -0.553. The van der Waals surface area contributed by atoms with Gasteiger partial charge in [-0.2, -0.15) is 0 Å². The summed E-state index contributed by atoms with van der Waals surface area (Å²) < 4.78 is 10.7. The molecule has 26 heavy (non-hydrogen) atoms. The largest absolute Gasteiger partial charge is 0.453 e. The molecule has 0 fully saturated rings. The van der Waals surface area contributed by atoms with Crippen molar-refractivity contribution in [3.63, 3.8) is 0 Å². The van der Waals surface area contributed by atoms with Crippen LogP contribution in [0.1, 0.15) is 19.2 Å². The maximum absolute atomic E-state index is 12.1. The lowest BCUT2D eigenvalue weighted by Crippen LogP contribution is -2.30. The molecule has 3 aromatic rings. The minimum atomic E-state index is -0.926. The number of halogens is 1. The third-order valence-corrected chi connectivity index (χ3v) is 3.89. The molecule has 134 valence electrons. The van der Waals surface area contributed by atoms with E-state index < -0.39 is 18.0 Å². The second-order valence-corrected chi connectivity index (χ2v) is 6.14. The summed E-state index contributed by atoms with van der Waals surface area (Å²) >= 11 is 5.87. The third-order valence-electron chi connectivity index (χ3n) is 3.65. The first-order valence-corrected chi connectivity index (χ1v) is 8.49. The molecule has 1 heterocycles. The van der Waals surface area contributed by atoms with Crippen molar-refractivity contribution in [2.75, 3.05) is 5.32 Å². The predicted molar refractivity (Wildman–Crippen MR) is 98.0 cm³/mol. The highest BCUT2D eigenvalue weighted by atomic mass is 35.5. The topological polar surface area (TPSA) is 81.4 Å². The molecule has 1 N–H and O–H groups in total. The van der Waals surface area contributed by atoms with Crippen LogP contribution >= 0.6 is 11.6 Å². The number of aromatic nitrogens is 1. The average molecular weight is 373 g/mol. The number of rotatable bonds is 6. The van der Waals surface area contributed by atoms with Gasteiger partial charge >= 0.3 is 5.97 Å². The fourth-order valence-electron chi connectivity index (χ4n) is 2.36. The van der Waals surface area contributed by atoms with E-state index in [2.05, 4.69) is 10.3 Å². The Balaban J connectivity index is 1.49. The summed E-state index contributed by atoms with van der Waals surface area (Å²) in [5.41, 5.74) is 1.95. The van der Waals surface area contributed by atoms with Crippen LogP contribution < -0.4 is 5.32 Å². The van der Waals surface area contributed by atoms with Crippen molar-refractivity contribution in [2.45, 2.75) is 25.9 Å². The summed E-state index contributed by atoms with van der Waals surface area (Å²) in [4.78, 5) is 28.3. The van der Waals surface area contributed by atoms with Gasteiger partial charge in [-0.3, -0.25) is 9.59 Å². The van der Waals surface area contributed by atoms with Gasteiger partial charge in [-0.05, 0) is 37.3 Å². The van der Waals surface area contributed by atoms with Crippen molar-refractivity contribution >= 4 is 40.3 Å². The van der Waals surface area contributed by atoms with E-state index in [0.717, 1.165) is 5.52 Å². The molecule has 3 rings (SSSR count). The number of ether oxygens (including phenoxy) is 1. The molecule has 0 saturated carbocycles. The maximum Gasteiger partial charge on any atom is 0.307 e. The number of amides is 1. The minimum Gasteiger partial charge on any atom is -0.453 e. The molecule has 0 aliphatic rings. The molecule has 7 heteroatoms. The van der Waals surface area contributed by atoms with Crippen LogP contribution in [0.4, 0.5) is 5.69 Å². The molecule has 1 aromatic heterocycles. The van der Waals surface area contributed by atoms with Crippen LogP contribution in [-0.2, 0) is 20.7 Å². The molecule has 0 spiro atoms. The SMILES string of the molecule is C[C@H](OC(=O)CCc1nc2ccccc2o1)C(=O)Nc1cccc(Cl)c1. The molecule has 0 radical (unpaired) electrons. The maximum atomic E-state index is 12.1. The van der Waals surface area contributed by atoms with E-state index in [0.29, 0.717) is 28.6 Å². The molecule has 1 atom stereocenters. The number of hydrogen-bond donors (Lipinski definition) is 1. The Labute approximate surface area is 155 Å². The molecule has 6 nitrogen and oxygen atoms in total. The Hall–Kier alpha value is -2.86. The highest BCUT2D eigenvalue weighted by Gasteiger charge is 2.18. The van der Waals surface area contributed by atoms with Gasteiger partial charge in [-0.15, -0.1) is 0 Å². The number of fused-ring (bicyclic) bond motifs is 1. The lowest BCUT2D eigenvalue weighted by molar-refractivity contribution is -0.153. The molecular weight excluding hydrogens is 356 g/mol. The van der Waals surface area contributed by atoms with Gasteiger partial charge in [0.1, 0.15) is 5.52 Å². The Bertz CT molecular complexity index is 905. The van der Waals surface area contributed by atoms with Gasteiger partial charge < -0.3 is 14.5 Å². The lowest BCUT2D eigenvalue weighted by atomic mass is 10.3. The zero-order valence-electron chi connectivity index (χ0n) is 14.1. The zero-order valence-corrected chi connectivity index (χ0v) is 14.8.